The molecule has 3 nitrogen and oxygen atoms in total. The fourth-order valence-electron chi connectivity index (χ4n) is 9.09. The van der Waals surface area contributed by atoms with Crippen molar-refractivity contribution >= 4 is 21.7 Å². The molecule has 1 aromatic heterocycles. The second kappa shape index (κ2) is 7.51. The average molecular weight is 543 g/mol. The predicted molar refractivity (Wildman–Crippen MR) is 167 cm³/mol. The Morgan fingerprint density at radius 3 is 2.27 bits per heavy atom. The summed E-state index contributed by atoms with van der Waals surface area (Å²) >= 11 is 0. The normalized spacial score (nSPS) is 24.8. The monoisotopic (exact) mass is 542 g/mol. The first-order valence-corrected chi connectivity index (χ1v) is 14.9. The van der Waals surface area contributed by atoms with Crippen molar-refractivity contribution in [1.29, 1.82) is 0 Å². The van der Waals surface area contributed by atoms with Crippen LogP contribution in [-0.4, -0.2) is 18.0 Å². The van der Waals surface area contributed by atoms with Crippen molar-refractivity contribution in [2.45, 2.75) is 83.8 Å². The second-order valence-corrected chi connectivity index (χ2v) is 14.0. The Balaban J connectivity index is 1.51. The van der Waals surface area contributed by atoms with Crippen molar-refractivity contribution < 1.29 is 14.3 Å². The third kappa shape index (κ3) is 2.73. The van der Waals surface area contributed by atoms with Crippen molar-refractivity contribution in [3.8, 4) is 22.5 Å². The van der Waals surface area contributed by atoms with Gasteiger partial charge in [-0.15, -0.1) is 0 Å². The number of furan rings is 1. The summed E-state index contributed by atoms with van der Waals surface area (Å²) in [6, 6.07) is 18.1. The van der Waals surface area contributed by atoms with Crippen molar-refractivity contribution in [3.63, 3.8) is 0 Å². The summed E-state index contributed by atoms with van der Waals surface area (Å²) < 4.78 is 12.7. The minimum Gasteiger partial charge on any atom is -0.456 e. The van der Waals surface area contributed by atoms with Crippen LogP contribution in [0.15, 0.2) is 52.9 Å². The third-order valence-electron chi connectivity index (χ3n) is 10.9. The van der Waals surface area contributed by atoms with Gasteiger partial charge in [-0.2, -0.15) is 0 Å². The molecule has 8 rings (SSSR count). The van der Waals surface area contributed by atoms with Crippen LogP contribution in [0, 0.1) is 20.8 Å². The van der Waals surface area contributed by atoms with Crippen LogP contribution in [0.5, 0.6) is 0 Å². The Kier molecular flexibility index (Phi) is 4.64. The van der Waals surface area contributed by atoms with E-state index in [0.29, 0.717) is 5.92 Å². The Morgan fingerprint density at radius 1 is 0.829 bits per heavy atom. The SMILES string of the molecule is COC1(O)C2c3ccc4c(c3-c3cc(C)c5c(C)cc(C)cc5c3C21C)C(C)(C)c1c-4oc2ccc(C(C)C)cc12. The van der Waals surface area contributed by atoms with Crippen LogP contribution in [0.25, 0.3) is 44.2 Å². The number of benzene rings is 4. The van der Waals surface area contributed by atoms with Crippen LogP contribution in [0.1, 0.15) is 91.0 Å². The predicted octanol–water partition coefficient (Wildman–Crippen LogP) is 9.31. The summed E-state index contributed by atoms with van der Waals surface area (Å²) in [5.41, 5.74) is 13.8. The number of aliphatic hydroxyl groups is 1. The fraction of sp³-hybridized carbons (Fsp3) is 0.368. The lowest BCUT2D eigenvalue weighted by atomic mass is 9.70. The molecule has 3 unspecified atom stereocenters. The second-order valence-electron chi connectivity index (χ2n) is 14.0. The van der Waals surface area contributed by atoms with Crippen molar-refractivity contribution in [2.75, 3.05) is 7.11 Å². The summed E-state index contributed by atoms with van der Waals surface area (Å²) in [5.74, 6) is 0.0147. The molecular weight excluding hydrogens is 504 g/mol. The molecule has 1 heterocycles. The third-order valence-corrected chi connectivity index (χ3v) is 10.9. The van der Waals surface area contributed by atoms with Gasteiger partial charge in [0, 0.05) is 29.0 Å². The van der Waals surface area contributed by atoms with E-state index in [4.69, 9.17) is 9.15 Å². The molecule has 0 bridgehead atoms. The highest BCUT2D eigenvalue weighted by Gasteiger charge is 2.79. The van der Waals surface area contributed by atoms with Gasteiger partial charge in [0.2, 0.25) is 0 Å². The molecule has 3 heteroatoms. The standard InChI is InChI=1S/C38H38O3/c1-18(2)22-10-13-28-25(17-22)33-34(41-28)24-12-11-23-30(32(24)36(33,6)7)27-16-21(5)29-20(4)14-19(3)15-26(29)31(27)37(8)35(23)38(37,39)40-9/h10-18,35,39H,1-9H3. The maximum absolute atomic E-state index is 12.1. The molecule has 4 aromatic carbocycles. The zero-order valence-corrected chi connectivity index (χ0v) is 25.5. The van der Waals surface area contributed by atoms with Crippen molar-refractivity contribution in [3.05, 3.63) is 93.0 Å². The Labute approximate surface area is 242 Å². The zero-order chi connectivity index (χ0) is 29.0. The number of fused-ring (bicyclic) bond motifs is 14. The van der Waals surface area contributed by atoms with E-state index in [0.717, 1.165) is 11.3 Å². The molecule has 0 saturated heterocycles. The van der Waals surface area contributed by atoms with Gasteiger partial charge in [-0.25, -0.2) is 0 Å². The maximum atomic E-state index is 12.1. The van der Waals surface area contributed by atoms with Gasteiger partial charge in [0.15, 0.2) is 5.79 Å². The van der Waals surface area contributed by atoms with Gasteiger partial charge >= 0.3 is 0 Å². The van der Waals surface area contributed by atoms with Gasteiger partial charge < -0.3 is 14.3 Å². The van der Waals surface area contributed by atoms with E-state index in [-0.39, 0.29) is 11.3 Å². The van der Waals surface area contributed by atoms with Gasteiger partial charge in [0.25, 0.3) is 0 Å². The number of aryl methyl sites for hydroxylation is 3. The average Bonchev–Trinajstić information content (AvgIpc) is 3.15. The van der Waals surface area contributed by atoms with Gasteiger partial charge in [-0.05, 0) is 101 Å². The molecule has 1 N–H and O–H groups in total. The van der Waals surface area contributed by atoms with E-state index in [1.807, 2.05) is 0 Å². The lowest BCUT2D eigenvalue weighted by molar-refractivity contribution is -0.120. The van der Waals surface area contributed by atoms with E-state index >= 15 is 0 Å². The molecule has 1 saturated carbocycles. The van der Waals surface area contributed by atoms with Crippen LogP contribution in [0.4, 0.5) is 0 Å². The highest BCUT2D eigenvalue weighted by Crippen LogP contribution is 2.75. The summed E-state index contributed by atoms with van der Waals surface area (Å²) in [6.07, 6.45) is 0. The van der Waals surface area contributed by atoms with Gasteiger partial charge in [0.1, 0.15) is 11.3 Å². The molecule has 208 valence electrons. The molecule has 1 fully saturated rings. The summed E-state index contributed by atoms with van der Waals surface area (Å²) in [6.45, 7) is 18.0. The van der Waals surface area contributed by atoms with Gasteiger partial charge in [-0.3, -0.25) is 0 Å². The first-order valence-electron chi connectivity index (χ1n) is 14.9. The van der Waals surface area contributed by atoms with Gasteiger partial charge in [0.05, 0.1) is 11.3 Å². The van der Waals surface area contributed by atoms with E-state index in [9.17, 15) is 5.11 Å². The minimum absolute atomic E-state index is 0.147. The molecule has 3 atom stereocenters. The number of ether oxygens (including phenoxy) is 1. The van der Waals surface area contributed by atoms with Crippen LogP contribution in [0.2, 0.25) is 0 Å². The Morgan fingerprint density at radius 2 is 1.56 bits per heavy atom. The molecule has 0 radical (unpaired) electrons. The maximum Gasteiger partial charge on any atom is 0.183 e. The Bertz CT molecular complexity index is 2000. The van der Waals surface area contributed by atoms with E-state index in [2.05, 4.69) is 104 Å². The number of hydrogen-bond acceptors (Lipinski definition) is 3. The Hall–Kier alpha value is -3.40. The zero-order valence-electron chi connectivity index (χ0n) is 25.5. The quantitative estimate of drug-likeness (QED) is 0.226. The van der Waals surface area contributed by atoms with Crippen LogP contribution in [-0.2, 0) is 15.6 Å². The molecule has 0 spiro atoms. The molecule has 3 aliphatic carbocycles. The van der Waals surface area contributed by atoms with Gasteiger partial charge in [-0.1, -0.05) is 69.7 Å². The van der Waals surface area contributed by atoms with Crippen LogP contribution in [0.3, 0.4) is 0 Å². The molecule has 0 amide bonds. The molecular formula is C38H38O3. The van der Waals surface area contributed by atoms with Crippen molar-refractivity contribution in [1.82, 2.24) is 0 Å². The lowest BCUT2D eigenvalue weighted by Crippen LogP contribution is -2.24. The van der Waals surface area contributed by atoms with Crippen LogP contribution < -0.4 is 0 Å². The fourth-order valence-corrected chi connectivity index (χ4v) is 9.09. The molecule has 3 aliphatic rings. The number of rotatable bonds is 2. The molecule has 41 heavy (non-hydrogen) atoms. The lowest BCUT2D eigenvalue weighted by Gasteiger charge is -2.32. The number of hydrogen-bond donors (Lipinski definition) is 1. The number of methoxy groups -OCH3 is 1. The molecule has 5 aromatic rings. The topological polar surface area (TPSA) is 42.6 Å². The van der Waals surface area contributed by atoms with E-state index in [1.54, 1.807) is 7.11 Å². The summed E-state index contributed by atoms with van der Waals surface area (Å²) in [7, 11) is 1.65. The summed E-state index contributed by atoms with van der Waals surface area (Å²) in [5, 5.41) is 15.8. The van der Waals surface area contributed by atoms with E-state index in [1.165, 1.54) is 77.4 Å². The first kappa shape index (κ1) is 25.3. The highest BCUT2D eigenvalue weighted by molar-refractivity contribution is 6.04. The summed E-state index contributed by atoms with van der Waals surface area (Å²) in [4.78, 5) is 0. The van der Waals surface area contributed by atoms with Crippen LogP contribution >= 0.6 is 0 Å². The van der Waals surface area contributed by atoms with E-state index < -0.39 is 11.2 Å². The first-order chi connectivity index (χ1) is 19.4. The molecule has 0 aliphatic heterocycles. The minimum atomic E-state index is -1.27. The van der Waals surface area contributed by atoms with Crippen molar-refractivity contribution in [2.24, 2.45) is 0 Å². The smallest absolute Gasteiger partial charge is 0.183 e. The largest absolute Gasteiger partial charge is 0.456 e. The highest BCUT2D eigenvalue weighted by atomic mass is 16.6.